The summed E-state index contributed by atoms with van der Waals surface area (Å²) in [5.74, 6) is 0.827. The number of aliphatic hydroxyl groups is 1. The van der Waals surface area contributed by atoms with Crippen LogP contribution < -0.4 is 4.90 Å². The number of rotatable bonds is 2. The van der Waals surface area contributed by atoms with Gasteiger partial charge in [-0.1, -0.05) is 0 Å². The molecule has 0 amide bonds. The van der Waals surface area contributed by atoms with Crippen molar-refractivity contribution in [3.63, 3.8) is 0 Å². The van der Waals surface area contributed by atoms with Gasteiger partial charge in [-0.25, -0.2) is 4.98 Å². The largest absolute Gasteiger partial charge is 0.391 e. The summed E-state index contributed by atoms with van der Waals surface area (Å²) in [5.41, 5.74) is 0.671. The van der Waals surface area contributed by atoms with Crippen LogP contribution in [0.25, 0.3) is 0 Å². The Kier molecular flexibility index (Phi) is 3.19. The number of carbonyl (C=O) groups excluding carboxylic acids is 1. The summed E-state index contributed by atoms with van der Waals surface area (Å²) in [4.78, 5) is 17.5. The Labute approximate surface area is 94.9 Å². The highest BCUT2D eigenvalue weighted by Gasteiger charge is 2.19. The monoisotopic (exact) mass is 220 g/mol. The third kappa shape index (κ3) is 2.39. The first-order valence-electron chi connectivity index (χ1n) is 5.57. The minimum Gasteiger partial charge on any atom is -0.391 e. The number of pyridine rings is 1. The van der Waals surface area contributed by atoms with Crippen LogP contribution in [-0.2, 0) is 0 Å². The van der Waals surface area contributed by atoms with Gasteiger partial charge in [0.15, 0.2) is 5.78 Å². The summed E-state index contributed by atoms with van der Waals surface area (Å²) < 4.78 is 0. The van der Waals surface area contributed by atoms with E-state index < -0.39 is 0 Å². The van der Waals surface area contributed by atoms with Crippen molar-refractivity contribution in [2.45, 2.75) is 25.9 Å². The molecular weight excluding hydrogens is 204 g/mol. The van der Waals surface area contributed by atoms with Crippen molar-refractivity contribution in [3.8, 4) is 0 Å². The second kappa shape index (κ2) is 4.61. The molecule has 0 aliphatic carbocycles. The number of ketones is 1. The van der Waals surface area contributed by atoms with E-state index in [1.165, 1.54) is 0 Å². The van der Waals surface area contributed by atoms with Crippen molar-refractivity contribution in [2.75, 3.05) is 18.0 Å². The average Bonchev–Trinajstić information content (AvgIpc) is 2.29. The SMILES string of the molecule is CC(=O)c1ccnc(N2CCCC(O)C2)c1. The molecule has 2 heterocycles. The smallest absolute Gasteiger partial charge is 0.159 e. The number of anilines is 1. The summed E-state index contributed by atoms with van der Waals surface area (Å²) >= 11 is 0. The van der Waals surface area contributed by atoms with Gasteiger partial charge < -0.3 is 10.0 Å². The van der Waals surface area contributed by atoms with Crippen LogP contribution >= 0.6 is 0 Å². The Morgan fingerprint density at radius 3 is 3.12 bits per heavy atom. The Bertz CT molecular complexity index is 392. The molecule has 2 rings (SSSR count). The summed E-state index contributed by atoms with van der Waals surface area (Å²) in [6, 6.07) is 3.51. The lowest BCUT2D eigenvalue weighted by molar-refractivity contribution is 0.101. The molecule has 0 aromatic carbocycles. The van der Waals surface area contributed by atoms with Gasteiger partial charge in [0, 0.05) is 24.8 Å². The van der Waals surface area contributed by atoms with Crippen LogP contribution in [0.3, 0.4) is 0 Å². The first kappa shape index (κ1) is 11.1. The Morgan fingerprint density at radius 1 is 1.62 bits per heavy atom. The molecular formula is C12H16N2O2. The topological polar surface area (TPSA) is 53.4 Å². The van der Waals surface area contributed by atoms with Crippen molar-refractivity contribution < 1.29 is 9.90 Å². The molecule has 1 unspecified atom stereocenters. The second-order valence-electron chi connectivity index (χ2n) is 4.20. The lowest BCUT2D eigenvalue weighted by Gasteiger charge is -2.31. The highest BCUT2D eigenvalue weighted by Crippen LogP contribution is 2.18. The van der Waals surface area contributed by atoms with Crippen LogP contribution in [0.2, 0.25) is 0 Å². The second-order valence-corrected chi connectivity index (χ2v) is 4.20. The van der Waals surface area contributed by atoms with Gasteiger partial charge in [0.1, 0.15) is 5.82 Å². The third-order valence-electron chi connectivity index (χ3n) is 2.87. The predicted molar refractivity (Wildman–Crippen MR) is 61.7 cm³/mol. The lowest BCUT2D eigenvalue weighted by Crippen LogP contribution is -2.38. The maximum Gasteiger partial charge on any atom is 0.159 e. The number of piperidine rings is 1. The van der Waals surface area contributed by atoms with E-state index >= 15 is 0 Å². The summed E-state index contributed by atoms with van der Waals surface area (Å²) in [5, 5.41) is 9.58. The third-order valence-corrected chi connectivity index (χ3v) is 2.87. The van der Waals surface area contributed by atoms with E-state index in [4.69, 9.17) is 0 Å². The molecule has 16 heavy (non-hydrogen) atoms. The summed E-state index contributed by atoms with van der Waals surface area (Å²) in [6.07, 6.45) is 3.18. The van der Waals surface area contributed by atoms with Crippen LogP contribution in [-0.4, -0.2) is 35.1 Å². The van der Waals surface area contributed by atoms with Crippen molar-refractivity contribution in [1.29, 1.82) is 0 Å². The zero-order valence-electron chi connectivity index (χ0n) is 9.39. The van der Waals surface area contributed by atoms with E-state index in [-0.39, 0.29) is 11.9 Å². The molecule has 1 aliphatic rings. The fourth-order valence-electron chi connectivity index (χ4n) is 1.97. The number of aliphatic hydroxyl groups excluding tert-OH is 1. The van der Waals surface area contributed by atoms with Gasteiger partial charge in [0.05, 0.1) is 6.10 Å². The maximum atomic E-state index is 11.2. The Morgan fingerprint density at radius 2 is 2.44 bits per heavy atom. The normalized spacial score (nSPS) is 20.9. The van der Waals surface area contributed by atoms with Crippen LogP contribution in [0.4, 0.5) is 5.82 Å². The molecule has 0 saturated carbocycles. The molecule has 1 aromatic rings. The first-order valence-corrected chi connectivity index (χ1v) is 5.57. The molecule has 1 aromatic heterocycles. The molecule has 4 nitrogen and oxygen atoms in total. The number of carbonyl (C=O) groups is 1. The van der Waals surface area contributed by atoms with Gasteiger partial charge in [-0.05, 0) is 31.9 Å². The zero-order valence-corrected chi connectivity index (χ0v) is 9.39. The van der Waals surface area contributed by atoms with E-state index in [0.717, 1.165) is 25.2 Å². The molecule has 0 spiro atoms. The highest BCUT2D eigenvalue weighted by atomic mass is 16.3. The van der Waals surface area contributed by atoms with Crippen LogP contribution in [0.1, 0.15) is 30.1 Å². The Balaban J connectivity index is 2.19. The van der Waals surface area contributed by atoms with E-state index in [2.05, 4.69) is 4.98 Å². The average molecular weight is 220 g/mol. The van der Waals surface area contributed by atoms with Crippen molar-refractivity contribution in [3.05, 3.63) is 23.9 Å². The fraction of sp³-hybridized carbons (Fsp3) is 0.500. The number of Topliss-reactive ketones (excluding diaryl/α,β-unsaturated/α-hetero) is 1. The molecule has 1 atom stereocenters. The van der Waals surface area contributed by atoms with Gasteiger partial charge in [0.25, 0.3) is 0 Å². The molecule has 0 radical (unpaired) electrons. The molecule has 1 N–H and O–H groups in total. The zero-order chi connectivity index (χ0) is 11.5. The Hall–Kier alpha value is -1.42. The fourth-order valence-corrected chi connectivity index (χ4v) is 1.97. The molecule has 1 fully saturated rings. The van der Waals surface area contributed by atoms with Gasteiger partial charge in [-0.15, -0.1) is 0 Å². The summed E-state index contributed by atoms with van der Waals surface area (Å²) in [6.45, 7) is 3.05. The maximum absolute atomic E-state index is 11.2. The molecule has 4 heteroatoms. The van der Waals surface area contributed by atoms with Gasteiger partial charge in [-0.2, -0.15) is 0 Å². The quantitative estimate of drug-likeness (QED) is 0.762. The van der Waals surface area contributed by atoms with Gasteiger partial charge in [-0.3, -0.25) is 4.79 Å². The molecule has 1 saturated heterocycles. The molecule has 86 valence electrons. The molecule has 1 aliphatic heterocycles. The van der Waals surface area contributed by atoms with Crippen molar-refractivity contribution in [1.82, 2.24) is 4.98 Å². The predicted octanol–water partition coefficient (Wildman–Crippen LogP) is 1.25. The summed E-state index contributed by atoms with van der Waals surface area (Å²) in [7, 11) is 0. The van der Waals surface area contributed by atoms with Crippen LogP contribution in [0.15, 0.2) is 18.3 Å². The minimum atomic E-state index is -0.281. The lowest BCUT2D eigenvalue weighted by atomic mass is 10.1. The number of β-amino-alcohol motifs (C(OH)–C–C–N with tert-alkyl or cyclic N) is 1. The van der Waals surface area contributed by atoms with E-state index in [1.807, 2.05) is 4.90 Å². The van der Waals surface area contributed by atoms with Crippen LogP contribution in [0.5, 0.6) is 0 Å². The van der Waals surface area contributed by atoms with E-state index in [0.29, 0.717) is 12.1 Å². The van der Waals surface area contributed by atoms with Gasteiger partial charge >= 0.3 is 0 Å². The minimum absolute atomic E-state index is 0.0428. The first-order chi connectivity index (χ1) is 7.66. The van der Waals surface area contributed by atoms with Crippen molar-refractivity contribution >= 4 is 11.6 Å². The molecule has 0 bridgehead atoms. The van der Waals surface area contributed by atoms with E-state index in [9.17, 15) is 9.90 Å². The number of hydrogen-bond donors (Lipinski definition) is 1. The van der Waals surface area contributed by atoms with Crippen molar-refractivity contribution in [2.24, 2.45) is 0 Å². The number of aromatic nitrogens is 1. The standard InChI is InChI=1S/C12H16N2O2/c1-9(15)10-4-5-13-12(7-10)14-6-2-3-11(16)8-14/h4-5,7,11,16H,2-3,6,8H2,1H3. The number of hydrogen-bond acceptors (Lipinski definition) is 4. The van der Waals surface area contributed by atoms with Crippen LogP contribution in [0, 0.1) is 0 Å². The number of nitrogens with zero attached hydrogens (tertiary/aromatic N) is 2. The van der Waals surface area contributed by atoms with E-state index in [1.54, 1.807) is 25.3 Å². The van der Waals surface area contributed by atoms with Gasteiger partial charge in [0.2, 0.25) is 0 Å². The highest BCUT2D eigenvalue weighted by molar-refractivity contribution is 5.94.